The van der Waals surface area contributed by atoms with Crippen LogP contribution in [0.15, 0.2) is 24.3 Å². The molecule has 102 valence electrons. The quantitative estimate of drug-likeness (QED) is 0.591. The number of morpholine rings is 1. The largest absolute Gasteiger partial charge is 0.378 e. The Kier molecular flexibility index (Phi) is 3.35. The number of hydrogen-bond donors (Lipinski definition) is 0. The van der Waals surface area contributed by atoms with Gasteiger partial charge in [0, 0.05) is 44.0 Å². The standard InChI is InChI=1S/C13H17N3O3/c17-16(18)12-3-1-11(2-4-12)15-6-5-14-7-8-19-10-13(14)9-15/h1-4,13H,5-10H2. The molecule has 0 N–H and O–H groups in total. The summed E-state index contributed by atoms with van der Waals surface area (Å²) in [6, 6.07) is 7.24. The molecule has 0 aliphatic carbocycles. The van der Waals surface area contributed by atoms with E-state index in [2.05, 4.69) is 9.80 Å². The summed E-state index contributed by atoms with van der Waals surface area (Å²) in [6.07, 6.45) is 0. The number of anilines is 1. The fraction of sp³-hybridized carbons (Fsp3) is 0.538. The lowest BCUT2D eigenvalue weighted by atomic mass is 10.1. The number of non-ortho nitro benzene ring substituents is 1. The molecule has 2 heterocycles. The molecule has 0 radical (unpaired) electrons. The van der Waals surface area contributed by atoms with Crippen molar-refractivity contribution < 1.29 is 9.66 Å². The van der Waals surface area contributed by atoms with E-state index in [-0.39, 0.29) is 10.6 Å². The summed E-state index contributed by atoms with van der Waals surface area (Å²) in [5.74, 6) is 0. The molecule has 0 bridgehead atoms. The average molecular weight is 263 g/mol. The molecule has 2 fully saturated rings. The molecule has 2 aliphatic heterocycles. The van der Waals surface area contributed by atoms with Crippen LogP contribution in [0.3, 0.4) is 0 Å². The van der Waals surface area contributed by atoms with Gasteiger partial charge in [0.05, 0.1) is 24.2 Å². The first-order valence-electron chi connectivity index (χ1n) is 6.55. The average Bonchev–Trinajstić information content (AvgIpc) is 2.47. The Morgan fingerprint density at radius 3 is 2.74 bits per heavy atom. The van der Waals surface area contributed by atoms with Crippen molar-refractivity contribution in [1.29, 1.82) is 0 Å². The zero-order chi connectivity index (χ0) is 13.2. The van der Waals surface area contributed by atoms with Crippen molar-refractivity contribution in [3.8, 4) is 0 Å². The van der Waals surface area contributed by atoms with E-state index in [1.165, 1.54) is 0 Å². The van der Waals surface area contributed by atoms with Gasteiger partial charge in [-0.15, -0.1) is 0 Å². The Labute approximate surface area is 111 Å². The molecule has 1 aromatic rings. The zero-order valence-corrected chi connectivity index (χ0v) is 10.7. The third-order valence-electron chi connectivity index (χ3n) is 3.86. The van der Waals surface area contributed by atoms with E-state index < -0.39 is 0 Å². The van der Waals surface area contributed by atoms with E-state index in [1.807, 2.05) is 12.1 Å². The Balaban J connectivity index is 1.70. The number of ether oxygens (including phenoxy) is 1. The van der Waals surface area contributed by atoms with Gasteiger partial charge in [0.1, 0.15) is 0 Å². The smallest absolute Gasteiger partial charge is 0.269 e. The highest BCUT2D eigenvalue weighted by Crippen LogP contribution is 2.23. The van der Waals surface area contributed by atoms with Gasteiger partial charge in [-0.2, -0.15) is 0 Å². The molecule has 2 saturated heterocycles. The summed E-state index contributed by atoms with van der Waals surface area (Å²) in [6.45, 7) is 5.55. The Morgan fingerprint density at radius 2 is 2.00 bits per heavy atom. The topological polar surface area (TPSA) is 58.9 Å². The Hall–Kier alpha value is -1.66. The third-order valence-corrected chi connectivity index (χ3v) is 3.86. The number of nitro groups is 1. The van der Waals surface area contributed by atoms with Crippen LogP contribution in [0.5, 0.6) is 0 Å². The SMILES string of the molecule is O=[N+]([O-])c1ccc(N2CCN3CCOCC3C2)cc1. The summed E-state index contributed by atoms with van der Waals surface area (Å²) < 4.78 is 5.52. The molecule has 6 heteroatoms. The second-order valence-electron chi connectivity index (χ2n) is 4.98. The van der Waals surface area contributed by atoms with Gasteiger partial charge < -0.3 is 9.64 Å². The van der Waals surface area contributed by atoms with Crippen molar-refractivity contribution in [3.63, 3.8) is 0 Å². The molecular formula is C13H17N3O3. The highest BCUT2D eigenvalue weighted by atomic mass is 16.6. The fourth-order valence-corrected chi connectivity index (χ4v) is 2.77. The number of piperazine rings is 1. The van der Waals surface area contributed by atoms with Gasteiger partial charge >= 0.3 is 0 Å². The monoisotopic (exact) mass is 263 g/mol. The lowest BCUT2D eigenvalue weighted by Crippen LogP contribution is -2.58. The molecule has 1 unspecified atom stereocenters. The van der Waals surface area contributed by atoms with Gasteiger partial charge in [-0.05, 0) is 12.1 Å². The first kappa shape index (κ1) is 12.4. The minimum absolute atomic E-state index is 0.142. The second kappa shape index (κ2) is 5.14. The lowest BCUT2D eigenvalue weighted by Gasteiger charge is -2.44. The van der Waals surface area contributed by atoms with E-state index in [0.29, 0.717) is 6.04 Å². The molecular weight excluding hydrogens is 246 g/mol. The summed E-state index contributed by atoms with van der Waals surface area (Å²) >= 11 is 0. The summed E-state index contributed by atoms with van der Waals surface area (Å²) in [7, 11) is 0. The van der Waals surface area contributed by atoms with Crippen LogP contribution in [0.4, 0.5) is 11.4 Å². The predicted octanol–water partition coefficient (Wildman–Crippen LogP) is 1.12. The van der Waals surface area contributed by atoms with Crippen LogP contribution in [-0.4, -0.2) is 55.3 Å². The zero-order valence-electron chi connectivity index (χ0n) is 10.7. The maximum atomic E-state index is 10.6. The van der Waals surface area contributed by atoms with Crippen molar-refractivity contribution in [1.82, 2.24) is 4.90 Å². The minimum Gasteiger partial charge on any atom is -0.378 e. The maximum absolute atomic E-state index is 10.6. The number of fused-ring (bicyclic) bond motifs is 1. The molecule has 0 amide bonds. The van der Waals surface area contributed by atoms with Crippen LogP contribution < -0.4 is 4.90 Å². The number of nitrogens with zero attached hydrogens (tertiary/aromatic N) is 3. The molecule has 2 aliphatic rings. The van der Waals surface area contributed by atoms with Crippen LogP contribution >= 0.6 is 0 Å². The van der Waals surface area contributed by atoms with Crippen LogP contribution in [0, 0.1) is 10.1 Å². The third kappa shape index (κ3) is 2.54. The predicted molar refractivity (Wildman–Crippen MR) is 71.5 cm³/mol. The van der Waals surface area contributed by atoms with Crippen molar-refractivity contribution in [2.75, 3.05) is 44.3 Å². The van der Waals surface area contributed by atoms with E-state index in [1.54, 1.807) is 12.1 Å². The van der Waals surface area contributed by atoms with Crippen molar-refractivity contribution in [3.05, 3.63) is 34.4 Å². The summed E-state index contributed by atoms with van der Waals surface area (Å²) in [5, 5.41) is 10.6. The van der Waals surface area contributed by atoms with Gasteiger partial charge in [-0.1, -0.05) is 0 Å². The summed E-state index contributed by atoms with van der Waals surface area (Å²) in [4.78, 5) is 15.0. The highest BCUT2D eigenvalue weighted by Gasteiger charge is 2.29. The molecule has 0 saturated carbocycles. The summed E-state index contributed by atoms with van der Waals surface area (Å²) in [5.41, 5.74) is 1.19. The van der Waals surface area contributed by atoms with Crippen LogP contribution in [-0.2, 0) is 4.74 Å². The molecule has 6 nitrogen and oxygen atoms in total. The second-order valence-corrected chi connectivity index (χ2v) is 4.98. The molecule has 1 atom stereocenters. The van der Waals surface area contributed by atoms with Gasteiger partial charge in [0.25, 0.3) is 5.69 Å². The maximum Gasteiger partial charge on any atom is 0.269 e. The van der Waals surface area contributed by atoms with E-state index >= 15 is 0 Å². The normalized spacial score (nSPS) is 24.0. The molecule has 0 spiro atoms. The first-order chi connectivity index (χ1) is 9.24. The Bertz CT molecular complexity index is 463. The number of hydrogen-bond acceptors (Lipinski definition) is 5. The minimum atomic E-state index is -0.364. The molecule has 1 aromatic carbocycles. The molecule has 0 aromatic heterocycles. The van der Waals surface area contributed by atoms with Crippen LogP contribution in [0.1, 0.15) is 0 Å². The first-order valence-corrected chi connectivity index (χ1v) is 6.55. The van der Waals surface area contributed by atoms with E-state index in [4.69, 9.17) is 4.74 Å². The molecule has 3 rings (SSSR count). The van der Waals surface area contributed by atoms with E-state index in [0.717, 1.165) is 45.1 Å². The van der Waals surface area contributed by atoms with Crippen molar-refractivity contribution >= 4 is 11.4 Å². The number of nitro benzene ring substituents is 1. The van der Waals surface area contributed by atoms with E-state index in [9.17, 15) is 10.1 Å². The number of rotatable bonds is 2. The highest BCUT2D eigenvalue weighted by molar-refractivity contribution is 5.51. The van der Waals surface area contributed by atoms with Gasteiger partial charge in [-0.3, -0.25) is 15.0 Å². The number of benzene rings is 1. The van der Waals surface area contributed by atoms with Crippen LogP contribution in [0.2, 0.25) is 0 Å². The van der Waals surface area contributed by atoms with Gasteiger partial charge in [0.2, 0.25) is 0 Å². The van der Waals surface area contributed by atoms with Gasteiger partial charge in [-0.25, -0.2) is 0 Å². The van der Waals surface area contributed by atoms with Crippen molar-refractivity contribution in [2.45, 2.75) is 6.04 Å². The fourth-order valence-electron chi connectivity index (χ4n) is 2.77. The Morgan fingerprint density at radius 1 is 1.21 bits per heavy atom. The van der Waals surface area contributed by atoms with Gasteiger partial charge in [0.15, 0.2) is 0 Å². The van der Waals surface area contributed by atoms with Crippen molar-refractivity contribution in [2.24, 2.45) is 0 Å². The van der Waals surface area contributed by atoms with Crippen LogP contribution in [0.25, 0.3) is 0 Å². The molecule has 19 heavy (non-hydrogen) atoms. The lowest BCUT2D eigenvalue weighted by molar-refractivity contribution is -0.384.